The number of carbonyl (C=O) groups is 2. The number of amides is 1. The lowest BCUT2D eigenvalue weighted by molar-refractivity contribution is -0.158. The Balaban J connectivity index is 1.89. The van der Waals surface area contributed by atoms with E-state index in [1.54, 1.807) is 12.1 Å². The molecule has 2 aliphatic heterocycles. The third-order valence-corrected chi connectivity index (χ3v) is 3.31. The van der Waals surface area contributed by atoms with E-state index in [2.05, 4.69) is 0 Å². The van der Waals surface area contributed by atoms with Crippen LogP contribution in [0.1, 0.15) is 15.9 Å². The van der Waals surface area contributed by atoms with Gasteiger partial charge in [-0.05, 0) is 6.07 Å². The summed E-state index contributed by atoms with van der Waals surface area (Å²) >= 11 is 0. The number of rotatable bonds is 1. The van der Waals surface area contributed by atoms with Crippen molar-refractivity contribution >= 4 is 11.9 Å². The summed E-state index contributed by atoms with van der Waals surface area (Å²) in [5, 5.41) is 8.75. The smallest absolute Gasteiger partial charge is 0.339 e. The first-order valence-electron chi connectivity index (χ1n) is 5.38. The van der Waals surface area contributed by atoms with E-state index in [0.717, 1.165) is 5.56 Å². The largest absolute Gasteiger partial charge is 0.447 e. The number of aliphatic hydroxyl groups is 1. The van der Waals surface area contributed by atoms with Crippen molar-refractivity contribution in [2.45, 2.75) is 5.60 Å². The van der Waals surface area contributed by atoms with Crippen molar-refractivity contribution in [2.24, 2.45) is 0 Å². The first kappa shape index (κ1) is 10.3. The Labute approximate surface area is 97.6 Å². The average molecular weight is 233 g/mol. The molecule has 1 fully saturated rings. The average Bonchev–Trinajstić information content (AvgIpc) is 2.61. The number of fused-ring (bicyclic) bond motifs is 2. The molecule has 0 saturated carbocycles. The first-order chi connectivity index (χ1) is 8.16. The number of carbonyl (C=O) groups excluding carboxylic acids is 2. The van der Waals surface area contributed by atoms with Gasteiger partial charge in [-0.2, -0.15) is 0 Å². The first-order valence-corrected chi connectivity index (χ1v) is 5.38. The van der Waals surface area contributed by atoms with E-state index in [4.69, 9.17) is 9.84 Å². The van der Waals surface area contributed by atoms with Crippen LogP contribution in [0.15, 0.2) is 24.3 Å². The summed E-state index contributed by atoms with van der Waals surface area (Å²) in [5.74, 6) is -0.673. The highest BCUT2D eigenvalue weighted by Gasteiger charge is 2.55. The predicted octanol–water partition coefficient (Wildman–Crippen LogP) is -0.113. The molecule has 0 aromatic heterocycles. The number of hydrogen-bond acceptors (Lipinski definition) is 4. The number of aliphatic hydroxyl groups excluding tert-OH is 1. The van der Waals surface area contributed by atoms with Crippen LogP contribution < -0.4 is 0 Å². The van der Waals surface area contributed by atoms with E-state index in [9.17, 15) is 9.59 Å². The fourth-order valence-corrected chi connectivity index (χ4v) is 2.43. The highest BCUT2D eigenvalue weighted by Crippen LogP contribution is 2.43. The zero-order valence-electron chi connectivity index (χ0n) is 9.05. The van der Waals surface area contributed by atoms with Gasteiger partial charge in [-0.1, -0.05) is 18.2 Å². The molecule has 0 bridgehead atoms. The van der Waals surface area contributed by atoms with Crippen LogP contribution in [0.25, 0.3) is 0 Å². The minimum Gasteiger partial charge on any atom is -0.447 e. The number of esters is 1. The van der Waals surface area contributed by atoms with Crippen LogP contribution in [-0.2, 0) is 15.1 Å². The molecule has 1 saturated heterocycles. The van der Waals surface area contributed by atoms with Crippen LogP contribution in [0.3, 0.4) is 0 Å². The summed E-state index contributed by atoms with van der Waals surface area (Å²) in [4.78, 5) is 24.4. The van der Waals surface area contributed by atoms with Gasteiger partial charge in [-0.3, -0.25) is 4.79 Å². The summed E-state index contributed by atoms with van der Waals surface area (Å²) in [5.41, 5.74) is 0.731. The number of nitrogens with zero attached hydrogens (tertiary/aromatic N) is 1. The van der Waals surface area contributed by atoms with E-state index in [1.807, 2.05) is 12.1 Å². The fraction of sp³-hybridized carbons (Fsp3) is 0.333. The maximum atomic E-state index is 11.6. The van der Waals surface area contributed by atoms with Crippen molar-refractivity contribution in [1.29, 1.82) is 0 Å². The van der Waals surface area contributed by atoms with Crippen molar-refractivity contribution in [2.75, 3.05) is 19.7 Å². The molecule has 0 unspecified atom stereocenters. The molecule has 0 atom stereocenters. The zero-order chi connectivity index (χ0) is 12.0. The standard InChI is InChI=1S/C12H11NO4/c14-5-10(15)13-6-12(7-13)9-4-2-1-3-8(9)11(16)17-12/h1-4,14H,5-7H2. The van der Waals surface area contributed by atoms with Gasteiger partial charge < -0.3 is 14.7 Å². The highest BCUT2D eigenvalue weighted by molar-refractivity contribution is 5.95. The maximum Gasteiger partial charge on any atom is 0.339 e. The Hall–Kier alpha value is -1.88. The van der Waals surface area contributed by atoms with Gasteiger partial charge in [0.1, 0.15) is 6.61 Å². The van der Waals surface area contributed by atoms with Gasteiger partial charge in [0, 0.05) is 5.56 Å². The Morgan fingerprint density at radius 2 is 2.12 bits per heavy atom. The number of hydrogen-bond donors (Lipinski definition) is 1. The second-order valence-corrected chi connectivity index (χ2v) is 4.34. The molecule has 1 aromatic carbocycles. The van der Waals surface area contributed by atoms with E-state index < -0.39 is 12.2 Å². The normalized spacial score (nSPS) is 19.8. The van der Waals surface area contributed by atoms with Crippen molar-refractivity contribution in [1.82, 2.24) is 4.90 Å². The lowest BCUT2D eigenvalue weighted by atomic mass is 9.85. The summed E-state index contributed by atoms with van der Waals surface area (Å²) in [6.45, 7) is 0.149. The van der Waals surface area contributed by atoms with Crippen LogP contribution >= 0.6 is 0 Å². The molecule has 2 aliphatic rings. The van der Waals surface area contributed by atoms with Crippen molar-refractivity contribution in [3.05, 3.63) is 35.4 Å². The summed E-state index contributed by atoms with van der Waals surface area (Å²) < 4.78 is 5.37. The van der Waals surface area contributed by atoms with Gasteiger partial charge in [0.15, 0.2) is 5.60 Å². The minimum atomic E-state index is -0.682. The van der Waals surface area contributed by atoms with Crippen LogP contribution in [0.5, 0.6) is 0 Å². The van der Waals surface area contributed by atoms with E-state index in [-0.39, 0.29) is 11.9 Å². The molecule has 88 valence electrons. The lowest BCUT2D eigenvalue weighted by Crippen LogP contribution is -2.62. The Kier molecular flexibility index (Phi) is 2.00. The van der Waals surface area contributed by atoms with Crippen LogP contribution in [0, 0.1) is 0 Å². The molecule has 5 nitrogen and oxygen atoms in total. The molecule has 0 aliphatic carbocycles. The van der Waals surface area contributed by atoms with E-state index >= 15 is 0 Å². The molecule has 1 spiro atoms. The van der Waals surface area contributed by atoms with Crippen molar-refractivity contribution in [3.63, 3.8) is 0 Å². The quantitative estimate of drug-likeness (QED) is 0.687. The third-order valence-electron chi connectivity index (χ3n) is 3.31. The number of likely N-dealkylation sites (tertiary alicyclic amines) is 1. The van der Waals surface area contributed by atoms with Crippen LogP contribution in [-0.4, -0.2) is 41.6 Å². The molecule has 1 N–H and O–H groups in total. The molecule has 0 radical (unpaired) electrons. The molecular formula is C12H11NO4. The molecular weight excluding hydrogens is 222 g/mol. The van der Waals surface area contributed by atoms with Crippen molar-refractivity contribution < 1.29 is 19.4 Å². The van der Waals surface area contributed by atoms with Crippen LogP contribution in [0.4, 0.5) is 0 Å². The van der Waals surface area contributed by atoms with Gasteiger partial charge in [0.05, 0.1) is 18.7 Å². The SMILES string of the molecule is O=C1OC2(CN(C(=O)CO)C2)c2ccccc21. The van der Waals surface area contributed by atoms with E-state index in [1.165, 1.54) is 4.90 Å². The molecule has 3 rings (SSSR count). The molecule has 1 aromatic rings. The van der Waals surface area contributed by atoms with Gasteiger partial charge in [0.25, 0.3) is 0 Å². The van der Waals surface area contributed by atoms with Gasteiger partial charge in [-0.25, -0.2) is 4.79 Å². The molecule has 2 heterocycles. The topological polar surface area (TPSA) is 66.8 Å². The predicted molar refractivity (Wildman–Crippen MR) is 57.2 cm³/mol. The molecule has 1 amide bonds. The second kappa shape index (κ2) is 3.30. The Morgan fingerprint density at radius 1 is 1.41 bits per heavy atom. The van der Waals surface area contributed by atoms with Gasteiger partial charge in [0.2, 0.25) is 5.91 Å². The molecule has 5 heteroatoms. The van der Waals surface area contributed by atoms with Gasteiger partial charge >= 0.3 is 5.97 Å². The lowest BCUT2D eigenvalue weighted by Gasteiger charge is -2.46. The number of benzene rings is 1. The van der Waals surface area contributed by atoms with Crippen molar-refractivity contribution in [3.8, 4) is 0 Å². The zero-order valence-corrected chi connectivity index (χ0v) is 9.05. The van der Waals surface area contributed by atoms with E-state index in [0.29, 0.717) is 18.7 Å². The van der Waals surface area contributed by atoms with Crippen LogP contribution in [0.2, 0.25) is 0 Å². The second-order valence-electron chi connectivity index (χ2n) is 4.34. The summed E-state index contributed by atoms with van der Waals surface area (Å²) in [6.07, 6.45) is 0. The summed E-state index contributed by atoms with van der Waals surface area (Å²) in [7, 11) is 0. The minimum absolute atomic E-state index is 0.329. The highest BCUT2D eigenvalue weighted by atomic mass is 16.6. The maximum absolute atomic E-state index is 11.6. The Bertz CT molecular complexity index is 505. The van der Waals surface area contributed by atoms with Gasteiger partial charge in [-0.15, -0.1) is 0 Å². The molecule has 17 heavy (non-hydrogen) atoms. The number of ether oxygens (including phenoxy) is 1. The fourth-order valence-electron chi connectivity index (χ4n) is 2.43. The third kappa shape index (κ3) is 1.29. The Morgan fingerprint density at radius 3 is 2.82 bits per heavy atom. The monoisotopic (exact) mass is 233 g/mol. The summed E-state index contributed by atoms with van der Waals surface area (Å²) in [6, 6.07) is 7.21.